The van der Waals surface area contributed by atoms with E-state index in [2.05, 4.69) is 15.2 Å². The summed E-state index contributed by atoms with van der Waals surface area (Å²) in [7, 11) is 0. The highest BCUT2D eigenvalue weighted by Gasteiger charge is 2.41. The largest absolute Gasteiger partial charge is 0.479 e. The molecular weight excluding hydrogens is 585 g/mol. The number of H-pyrrole nitrogens is 1. The number of carboxylic acid groups (broad SMARTS) is 2. The fourth-order valence-electron chi connectivity index (χ4n) is 4.24. The summed E-state index contributed by atoms with van der Waals surface area (Å²) in [6.45, 7) is 2.99. The van der Waals surface area contributed by atoms with E-state index in [1.165, 1.54) is 6.07 Å². The first-order valence-corrected chi connectivity index (χ1v) is 13.5. The summed E-state index contributed by atoms with van der Waals surface area (Å²) < 4.78 is 5.39. The summed E-state index contributed by atoms with van der Waals surface area (Å²) in [5.74, 6) is -2.89. The first-order chi connectivity index (χ1) is 19.0. The normalized spacial score (nSPS) is 15.1. The number of halogens is 3. The Morgan fingerprint density at radius 2 is 1.68 bits per heavy atom. The van der Waals surface area contributed by atoms with E-state index in [1.54, 1.807) is 36.4 Å². The number of aromatic nitrogens is 1. The Bertz CT molecular complexity index is 1390. The Morgan fingerprint density at radius 1 is 1.05 bits per heavy atom. The van der Waals surface area contributed by atoms with Gasteiger partial charge in [0, 0.05) is 53.6 Å². The Morgan fingerprint density at radius 3 is 2.27 bits per heavy atom. The van der Waals surface area contributed by atoms with Crippen LogP contribution in [0.5, 0.6) is 0 Å². The van der Waals surface area contributed by atoms with Crippen molar-refractivity contribution in [2.45, 2.75) is 23.2 Å². The number of nitrogens with zero attached hydrogens (tertiary/aromatic N) is 1. The molecule has 1 amide bonds. The highest BCUT2D eigenvalue weighted by Crippen LogP contribution is 2.25. The number of carbonyl (C=O) groups is 3. The molecule has 1 saturated heterocycles. The van der Waals surface area contributed by atoms with Crippen molar-refractivity contribution in [3.8, 4) is 0 Å². The van der Waals surface area contributed by atoms with Gasteiger partial charge in [-0.05, 0) is 42.3 Å². The summed E-state index contributed by atoms with van der Waals surface area (Å²) in [6, 6.07) is 14.9. The quantitative estimate of drug-likeness (QED) is 0.268. The van der Waals surface area contributed by atoms with Crippen LogP contribution in [0.1, 0.15) is 22.3 Å². The highest BCUT2D eigenvalue weighted by molar-refractivity contribution is 6.52. The molecule has 0 saturated carbocycles. The number of aromatic amines is 1. The van der Waals surface area contributed by atoms with Crippen molar-refractivity contribution in [1.29, 1.82) is 0 Å². The molecule has 1 aromatic heterocycles. The summed E-state index contributed by atoms with van der Waals surface area (Å²) in [5.41, 5.74) is -0.491. The lowest BCUT2D eigenvalue weighted by molar-refractivity contribution is -0.145. The van der Waals surface area contributed by atoms with Crippen LogP contribution in [-0.4, -0.2) is 81.2 Å². The van der Waals surface area contributed by atoms with Gasteiger partial charge in [0.2, 0.25) is 10.4 Å². The van der Waals surface area contributed by atoms with Crippen molar-refractivity contribution in [2.75, 3.05) is 32.8 Å². The van der Waals surface area contributed by atoms with Crippen LogP contribution in [0.4, 0.5) is 0 Å². The van der Waals surface area contributed by atoms with E-state index in [0.29, 0.717) is 54.5 Å². The zero-order chi connectivity index (χ0) is 29.3. The molecule has 0 aliphatic carbocycles. The molecular formula is C27H28Cl3N3O7. The molecule has 2 heterocycles. The smallest absolute Gasteiger partial charge is 0.337 e. The van der Waals surface area contributed by atoms with E-state index in [9.17, 15) is 24.3 Å². The number of morpholine rings is 1. The van der Waals surface area contributed by atoms with E-state index in [4.69, 9.17) is 44.6 Å². The molecule has 1 atom stereocenters. The van der Waals surface area contributed by atoms with Crippen molar-refractivity contribution in [3.63, 3.8) is 0 Å². The molecule has 1 unspecified atom stereocenters. The maximum absolute atomic E-state index is 13.1. The summed E-state index contributed by atoms with van der Waals surface area (Å²) in [5, 5.41) is 22.2. The molecule has 0 spiro atoms. The molecule has 1 aliphatic rings. The molecule has 0 bridgehead atoms. The van der Waals surface area contributed by atoms with Crippen LogP contribution in [0, 0.1) is 0 Å². The molecule has 0 radical (unpaired) electrons. The highest BCUT2D eigenvalue weighted by atomic mass is 35.5. The Kier molecular flexibility index (Phi) is 11.4. The van der Waals surface area contributed by atoms with Crippen molar-refractivity contribution in [1.82, 2.24) is 15.2 Å². The fraction of sp³-hybridized carbons (Fsp3) is 0.333. The number of benzene rings is 2. The third-order valence-corrected chi connectivity index (χ3v) is 6.97. The predicted octanol–water partition coefficient (Wildman–Crippen LogP) is 3.57. The molecule has 40 heavy (non-hydrogen) atoms. The van der Waals surface area contributed by atoms with Gasteiger partial charge < -0.3 is 25.3 Å². The van der Waals surface area contributed by atoms with Crippen LogP contribution >= 0.6 is 34.8 Å². The minimum absolute atomic E-state index is 0.0452. The Hall–Kier alpha value is -3.15. The second kappa shape index (κ2) is 14.5. The number of alkyl halides is 2. The van der Waals surface area contributed by atoms with Gasteiger partial charge in [-0.1, -0.05) is 53.0 Å². The van der Waals surface area contributed by atoms with Crippen molar-refractivity contribution in [2.24, 2.45) is 0 Å². The number of amides is 1. The topological polar surface area (TPSA) is 149 Å². The Balaban J connectivity index is 0.000000663. The van der Waals surface area contributed by atoms with E-state index >= 15 is 0 Å². The number of carboxylic acids is 2. The lowest BCUT2D eigenvalue weighted by Gasteiger charge is -2.34. The maximum Gasteiger partial charge on any atom is 0.337 e. The zero-order valence-corrected chi connectivity index (χ0v) is 23.5. The molecule has 214 valence electrons. The third kappa shape index (κ3) is 8.67. The van der Waals surface area contributed by atoms with Gasteiger partial charge in [0.1, 0.15) is 5.54 Å². The van der Waals surface area contributed by atoms with Gasteiger partial charge in [-0.2, -0.15) is 0 Å². The third-order valence-electron chi connectivity index (χ3n) is 6.34. The molecule has 1 aliphatic heterocycles. The first-order valence-electron chi connectivity index (χ1n) is 12.2. The summed E-state index contributed by atoms with van der Waals surface area (Å²) in [6.07, 6.45) is 0.110. The van der Waals surface area contributed by atoms with Gasteiger partial charge in [0.05, 0.1) is 13.2 Å². The van der Waals surface area contributed by atoms with Crippen molar-refractivity contribution in [3.05, 3.63) is 81.1 Å². The van der Waals surface area contributed by atoms with E-state index in [-0.39, 0.29) is 18.4 Å². The number of fused-ring (bicyclic) bond motifs is 1. The van der Waals surface area contributed by atoms with Gasteiger partial charge in [-0.3, -0.25) is 14.5 Å². The standard InChI is InChI=1S/C25H26ClN3O5.C2H2Cl2O2/c26-19-7-5-17(6-8-19)23(31)28-25(24(32)33,9-10-29-11-13-34-14-12-29)16-18-15-22(30)27-21-4-2-1-3-20(18)21;3-1(4)2(5)6/h1-8,15H,9-14,16H2,(H,27,30)(H,28,31)(H,32,33);1H,(H,5,6). The van der Waals surface area contributed by atoms with Gasteiger partial charge >= 0.3 is 11.9 Å². The minimum Gasteiger partial charge on any atom is -0.479 e. The van der Waals surface area contributed by atoms with Gasteiger partial charge in [0.15, 0.2) is 0 Å². The summed E-state index contributed by atoms with van der Waals surface area (Å²) in [4.78, 5) is 51.3. The van der Waals surface area contributed by atoms with E-state index in [0.717, 1.165) is 5.39 Å². The number of ether oxygens (including phenoxy) is 1. The molecule has 4 N–H and O–H groups in total. The predicted molar refractivity (Wildman–Crippen MR) is 153 cm³/mol. The van der Waals surface area contributed by atoms with Crippen LogP contribution in [-0.2, 0) is 20.7 Å². The average Bonchev–Trinajstić information content (AvgIpc) is 2.92. The number of nitrogens with one attached hydrogen (secondary N) is 2. The lowest BCUT2D eigenvalue weighted by atomic mass is 9.85. The number of hydrogen-bond acceptors (Lipinski definition) is 6. The molecule has 1 fully saturated rings. The second-order valence-corrected chi connectivity index (χ2v) is 10.6. The number of pyridine rings is 1. The zero-order valence-electron chi connectivity index (χ0n) is 21.2. The van der Waals surface area contributed by atoms with Crippen LogP contribution in [0.25, 0.3) is 10.9 Å². The fourth-order valence-corrected chi connectivity index (χ4v) is 4.37. The van der Waals surface area contributed by atoms with E-state index in [1.807, 2.05) is 12.1 Å². The van der Waals surface area contributed by atoms with Crippen molar-refractivity contribution < 1.29 is 29.3 Å². The van der Waals surface area contributed by atoms with Crippen LogP contribution in [0.15, 0.2) is 59.4 Å². The van der Waals surface area contributed by atoms with Crippen LogP contribution in [0.3, 0.4) is 0 Å². The van der Waals surface area contributed by atoms with Crippen LogP contribution < -0.4 is 10.9 Å². The number of carbonyl (C=O) groups excluding carboxylic acids is 1. The maximum atomic E-state index is 13.1. The SMILES string of the molecule is O=C(NC(CCN1CCOCC1)(Cc1cc(=O)[nH]c2ccccc12)C(=O)O)c1ccc(Cl)cc1.O=C(O)C(Cl)Cl. The lowest BCUT2D eigenvalue weighted by Crippen LogP contribution is -2.58. The molecule has 2 aromatic carbocycles. The number of hydrogen-bond donors (Lipinski definition) is 4. The molecule has 3 aromatic rings. The molecule has 13 heteroatoms. The Labute approximate surface area is 244 Å². The van der Waals surface area contributed by atoms with Gasteiger partial charge in [-0.25, -0.2) is 9.59 Å². The van der Waals surface area contributed by atoms with E-state index < -0.39 is 28.2 Å². The monoisotopic (exact) mass is 611 g/mol. The van der Waals surface area contributed by atoms with Gasteiger partial charge in [0.25, 0.3) is 5.91 Å². The molecule has 10 nitrogen and oxygen atoms in total. The average molecular weight is 613 g/mol. The first kappa shape index (κ1) is 31.4. The van der Waals surface area contributed by atoms with Crippen LogP contribution in [0.2, 0.25) is 5.02 Å². The minimum atomic E-state index is -1.63. The number of para-hydroxylation sites is 1. The number of aliphatic carboxylic acids is 2. The van der Waals surface area contributed by atoms with Crippen molar-refractivity contribution >= 4 is 63.6 Å². The molecule has 4 rings (SSSR count). The summed E-state index contributed by atoms with van der Waals surface area (Å²) >= 11 is 15.5. The second-order valence-electron chi connectivity index (χ2n) is 9.07. The van der Waals surface area contributed by atoms with Gasteiger partial charge in [-0.15, -0.1) is 0 Å². The number of rotatable bonds is 9.